The van der Waals surface area contributed by atoms with Crippen molar-refractivity contribution in [2.24, 2.45) is 0 Å². The summed E-state index contributed by atoms with van der Waals surface area (Å²) >= 11 is 5.58. The summed E-state index contributed by atoms with van der Waals surface area (Å²) in [6.07, 6.45) is 3.29. The fourth-order valence-corrected chi connectivity index (χ4v) is 1.07. The van der Waals surface area contributed by atoms with Crippen LogP contribution in [-0.4, -0.2) is 19.6 Å². The number of halogens is 1. The van der Waals surface area contributed by atoms with Crippen LogP contribution in [0.2, 0.25) is 5.28 Å². The lowest BCUT2D eigenvalue weighted by Crippen LogP contribution is -1.90. The maximum Gasteiger partial charge on any atom is 0.243 e. The zero-order valence-corrected chi connectivity index (χ0v) is 6.58. The average molecular weight is 169 g/mol. The summed E-state index contributed by atoms with van der Waals surface area (Å²) in [4.78, 5) is 7.92. The van der Waals surface area contributed by atoms with E-state index < -0.39 is 0 Å². The van der Waals surface area contributed by atoms with Crippen LogP contribution < -0.4 is 0 Å². The first kappa shape index (κ1) is 6.54. The van der Waals surface area contributed by atoms with Gasteiger partial charge in [-0.1, -0.05) is 0 Å². The molecule has 0 aliphatic carbocycles. The molecule has 11 heavy (non-hydrogen) atoms. The molecule has 0 atom stereocenters. The van der Waals surface area contributed by atoms with E-state index in [-0.39, 0.29) is 5.28 Å². The summed E-state index contributed by atoms with van der Waals surface area (Å²) in [5.74, 6) is 0. The summed E-state index contributed by atoms with van der Waals surface area (Å²) in [5, 5.41) is 4.13. The highest BCUT2D eigenvalue weighted by atomic mass is 35.5. The molecule has 0 radical (unpaired) electrons. The highest BCUT2D eigenvalue weighted by Crippen LogP contribution is 2.07. The SMILES string of the molecule is Cc1cncn2nc(Cl)nc12. The first-order chi connectivity index (χ1) is 5.27. The van der Waals surface area contributed by atoms with Crippen LogP contribution in [0.1, 0.15) is 5.56 Å². The van der Waals surface area contributed by atoms with E-state index in [1.807, 2.05) is 6.92 Å². The molecule has 0 spiro atoms. The number of nitrogens with zero attached hydrogens (tertiary/aromatic N) is 4. The van der Waals surface area contributed by atoms with Crippen LogP contribution in [0.4, 0.5) is 0 Å². The van der Waals surface area contributed by atoms with Gasteiger partial charge in [-0.2, -0.15) is 4.98 Å². The zero-order valence-electron chi connectivity index (χ0n) is 5.82. The molecule has 0 N–H and O–H groups in total. The summed E-state index contributed by atoms with van der Waals surface area (Å²) in [6.45, 7) is 1.91. The predicted octanol–water partition coefficient (Wildman–Crippen LogP) is 1.09. The van der Waals surface area contributed by atoms with E-state index in [1.54, 1.807) is 17.0 Å². The van der Waals surface area contributed by atoms with Gasteiger partial charge in [-0.25, -0.2) is 9.50 Å². The Bertz CT molecular complexity index is 394. The Morgan fingerprint density at radius 3 is 3.09 bits per heavy atom. The molecular weight excluding hydrogens is 164 g/mol. The fraction of sp³-hybridized carbons (Fsp3) is 0.167. The number of aromatic nitrogens is 4. The van der Waals surface area contributed by atoms with E-state index in [9.17, 15) is 0 Å². The Labute approximate surface area is 67.8 Å². The van der Waals surface area contributed by atoms with Gasteiger partial charge in [-0.05, 0) is 18.5 Å². The molecule has 0 unspecified atom stereocenters. The molecular formula is C6H5ClN4. The molecule has 2 rings (SSSR count). The third kappa shape index (κ3) is 0.952. The topological polar surface area (TPSA) is 43.1 Å². The Morgan fingerprint density at radius 1 is 1.55 bits per heavy atom. The zero-order chi connectivity index (χ0) is 7.84. The first-order valence-electron chi connectivity index (χ1n) is 3.10. The van der Waals surface area contributed by atoms with Gasteiger partial charge in [-0.3, -0.25) is 0 Å². The summed E-state index contributed by atoms with van der Waals surface area (Å²) in [6, 6.07) is 0. The van der Waals surface area contributed by atoms with Crippen LogP contribution in [0.5, 0.6) is 0 Å². The second kappa shape index (κ2) is 2.17. The third-order valence-corrected chi connectivity index (χ3v) is 1.56. The summed E-state index contributed by atoms with van der Waals surface area (Å²) < 4.78 is 1.55. The molecule has 0 saturated carbocycles. The van der Waals surface area contributed by atoms with E-state index in [2.05, 4.69) is 15.1 Å². The van der Waals surface area contributed by atoms with Crippen LogP contribution in [0.15, 0.2) is 12.5 Å². The van der Waals surface area contributed by atoms with Crippen molar-refractivity contribution in [2.45, 2.75) is 6.92 Å². The van der Waals surface area contributed by atoms with Crippen molar-refractivity contribution < 1.29 is 0 Å². The minimum absolute atomic E-state index is 0.251. The van der Waals surface area contributed by atoms with Crippen LogP contribution >= 0.6 is 11.6 Å². The highest BCUT2D eigenvalue weighted by molar-refractivity contribution is 6.28. The molecule has 56 valence electrons. The van der Waals surface area contributed by atoms with Crippen molar-refractivity contribution in [3.8, 4) is 0 Å². The molecule has 0 fully saturated rings. The number of hydrogen-bond donors (Lipinski definition) is 0. The number of aryl methyl sites for hydroxylation is 1. The van der Waals surface area contributed by atoms with Crippen LogP contribution in [0, 0.1) is 6.92 Å². The Hall–Kier alpha value is -1.16. The first-order valence-corrected chi connectivity index (χ1v) is 3.47. The lowest BCUT2D eigenvalue weighted by atomic mass is 10.4. The molecule has 4 nitrogen and oxygen atoms in total. The monoisotopic (exact) mass is 168 g/mol. The average Bonchev–Trinajstić information content (AvgIpc) is 2.31. The van der Waals surface area contributed by atoms with Crippen molar-refractivity contribution in [2.75, 3.05) is 0 Å². The summed E-state index contributed by atoms with van der Waals surface area (Å²) in [7, 11) is 0. The van der Waals surface area contributed by atoms with Crippen molar-refractivity contribution in [3.05, 3.63) is 23.4 Å². The lowest BCUT2D eigenvalue weighted by Gasteiger charge is -1.91. The molecule has 2 aromatic heterocycles. The molecule has 0 aliphatic rings. The van der Waals surface area contributed by atoms with E-state index in [0.717, 1.165) is 11.2 Å². The number of fused-ring (bicyclic) bond motifs is 1. The van der Waals surface area contributed by atoms with Gasteiger partial charge in [0.05, 0.1) is 0 Å². The Balaban J connectivity index is 2.90. The molecule has 0 aromatic carbocycles. The normalized spacial score (nSPS) is 10.7. The minimum Gasteiger partial charge on any atom is -0.244 e. The standard InChI is InChI=1S/C6H5ClN4/c1-4-2-8-3-11-5(4)9-6(7)10-11/h2-3H,1H3. The molecule has 2 aromatic rings. The van der Waals surface area contributed by atoms with E-state index in [4.69, 9.17) is 11.6 Å². The van der Waals surface area contributed by atoms with Gasteiger partial charge in [0.25, 0.3) is 0 Å². The number of hydrogen-bond acceptors (Lipinski definition) is 3. The Morgan fingerprint density at radius 2 is 2.36 bits per heavy atom. The van der Waals surface area contributed by atoms with Crippen LogP contribution in [0.25, 0.3) is 5.65 Å². The van der Waals surface area contributed by atoms with Gasteiger partial charge >= 0.3 is 0 Å². The quantitative estimate of drug-likeness (QED) is 0.592. The van der Waals surface area contributed by atoms with Crippen LogP contribution in [-0.2, 0) is 0 Å². The van der Waals surface area contributed by atoms with Gasteiger partial charge in [-0.15, -0.1) is 5.10 Å². The van der Waals surface area contributed by atoms with E-state index in [0.29, 0.717) is 0 Å². The van der Waals surface area contributed by atoms with Crippen molar-refractivity contribution in [3.63, 3.8) is 0 Å². The maximum absolute atomic E-state index is 5.58. The van der Waals surface area contributed by atoms with Crippen molar-refractivity contribution in [1.82, 2.24) is 19.6 Å². The van der Waals surface area contributed by atoms with Crippen molar-refractivity contribution >= 4 is 17.2 Å². The maximum atomic E-state index is 5.58. The van der Waals surface area contributed by atoms with Gasteiger partial charge in [0, 0.05) is 11.8 Å². The van der Waals surface area contributed by atoms with E-state index >= 15 is 0 Å². The van der Waals surface area contributed by atoms with E-state index in [1.165, 1.54) is 0 Å². The third-order valence-electron chi connectivity index (χ3n) is 1.40. The summed E-state index contributed by atoms with van der Waals surface area (Å²) in [5.41, 5.74) is 1.72. The largest absolute Gasteiger partial charge is 0.244 e. The molecule has 0 bridgehead atoms. The second-order valence-corrected chi connectivity index (χ2v) is 2.56. The predicted molar refractivity (Wildman–Crippen MR) is 40.5 cm³/mol. The number of rotatable bonds is 0. The lowest BCUT2D eigenvalue weighted by molar-refractivity contribution is 0.914. The van der Waals surface area contributed by atoms with Gasteiger partial charge in [0.15, 0.2) is 5.65 Å². The highest BCUT2D eigenvalue weighted by Gasteiger charge is 2.01. The molecule has 0 aliphatic heterocycles. The fourth-order valence-electron chi connectivity index (χ4n) is 0.913. The van der Waals surface area contributed by atoms with Gasteiger partial charge in [0.1, 0.15) is 6.33 Å². The van der Waals surface area contributed by atoms with Gasteiger partial charge < -0.3 is 0 Å². The van der Waals surface area contributed by atoms with Crippen LogP contribution in [0.3, 0.4) is 0 Å². The second-order valence-electron chi connectivity index (χ2n) is 2.23. The van der Waals surface area contributed by atoms with Crippen molar-refractivity contribution in [1.29, 1.82) is 0 Å². The van der Waals surface area contributed by atoms with Gasteiger partial charge in [0.2, 0.25) is 5.28 Å². The smallest absolute Gasteiger partial charge is 0.243 e. The molecule has 5 heteroatoms. The molecule has 0 amide bonds. The molecule has 0 saturated heterocycles. The Kier molecular flexibility index (Phi) is 1.29. The molecule has 2 heterocycles. The minimum atomic E-state index is 0.251.